The molecule has 1 saturated carbocycles. The largest absolute Gasteiger partial charge is 0.337 e. The van der Waals surface area contributed by atoms with Crippen molar-refractivity contribution in [1.82, 2.24) is 15.0 Å². The smallest absolute Gasteiger partial charge is 0.249 e. The van der Waals surface area contributed by atoms with Gasteiger partial charge in [0.2, 0.25) is 11.8 Å². The number of hydrogen-bond donors (Lipinski definition) is 0. The van der Waals surface area contributed by atoms with Crippen molar-refractivity contribution in [1.29, 1.82) is 0 Å². The lowest BCUT2D eigenvalue weighted by molar-refractivity contribution is -0.141. The number of aromatic nitrogens is 2. The van der Waals surface area contributed by atoms with Crippen LogP contribution in [0.4, 0.5) is 0 Å². The number of aryl methyl sites for hydroxylation is 1. The van der Waals surface area contributed by atoms with Gasteiger partial charge in [-0.3, -0.25) is 4.79 Å². The Morgan fingerprint density at radius 1 is 1.30 bits per heavy atom. The average Bonchev–Trinajstić information content (AvgIpc) is 3.22. The number of amides is 1. The highest BCUT2D eigenvalue weighted by Crippen LogP contribution is 2.40. The Hall–Kier alpha value is -1.39. The van der Waals surface area contributed by atoms with E-state index in [1.54, 1.807) is 0 Å². The van der Waals surface area contributed by atoms with Crippen molar-refractivity contribution < 1.29 is 9.32 Å². The molecule has 128 valence electrons. The highest BCUT2D eigenvalue weighted by Gasteiger charge is 2.41. The Balaban J connectivity index is 1.77. The molecule has 0 aromatic carbocycles. The van der Waals surface area contributed by atoms with Crippen LogP contribution in [0.25, 0.3) is 0 Å². The summed E-state index contributed by atoms with van der Waals surface area (Å²) >= 11 is 0. The van der Waals surface area contributed by atoms with Crippen LogP contribution in [0, 0.1) is 24.7 Å². The van der Waals surface area contributed by atoms with Gasteiger partial charge in [0.25, 0.3) is 0 Å². The van der Waals surface area contributed by atoms with Gasteiger partial charge >= 0.3 is 0 Å². The molecule has 1 aromatic rings. The minimum absolute atomic E-state index is 0.0109. The summed E-state index contributed by atoms with van der Waals surface area (Å²) in [4.78, 5) is 19.7. The van der Waals surface area contributed by atoms with Crippen LogP contribution in [0.5, 0.6) is 0 Å². The number of rotatable bonds is 4. The molecule has 1 aromatic heterocycles. The number of carbonyl (C=O) groups excluding carboxylic acids is 1. The summed E-state index contributed by atoms with van der Waals surface area (Å²) < 4.78 is 5.36. The highest BCUT2D eigenvalue weighted by atomic mass is 16.5. The van der Waals surface area contributed by atoms with Gasteiger partial charge in [0, 0.05) is 12.5 Å². The van der Waals surface area contributed by atoms with Crippen molar-refractivity contribution in [3.8, 4) is 0 Å². The van der Waals surface area contributed by atoms with Gasteiger partial charge in [-0.1, -0.05) is 38.3 Å². The van der Waals surface area contributed by atoms with Crippen LogP contribution < -0.4 is 0 Å². The molecule has 1 aliphatic heterocycles. The van der Waals surface area contributed by atoms with Crippen molar-refractivity contribution in [3.05, 3.63) is 11.7 Å². The maximum atomic E-state index is 13.3. The van der Waals surface area contributed by atoms with E-state index in [9.17, 15) is 4.79 Å². The monoisotopic (exact) mass is 319 g/mol. The predicted octanol–water partition coefficient (Wildman–Crippen LogP) is 3.89. The van der Waals surface area contributed by atoms with E-state index in [1.165, 1.54) is 19.3 Å². The lowest BCUT2D eigenvalue weighted by atomic mass is 9.71. The van der Waals surface area contributed by atoms with Gasteiger partial charge in [0.1, 0.15) is 6.04 Å². The molecule has 2 aliphatic rings. The molecule has 2 heterocycles. The minimum atomic E-state index is -0.0109. The zero-order chi connectivity index (χ0) is 16.4. The average molecular weight is 319 g/mol. The van der Waals surface area contributed by atoms with Gasteiger partial charge in [-0.25, -0.2) is 0 Å². The molecule has 1 saturated heterocycles. The lowest BCUT2D eigenvalue weighted by Gasteiger charge is -2.37. The summed E-state index contributed by atoms with van der Waals surface area (Å²) in [6.45, 7) is 7.20. The van der Waals surface area contributed by atoms with Crippen molar-refractivity contribution in [2.45, 2.75) is 71.8 Å². The first-order valence-corrected chi connectivity index (χ1v) is 9.22. The second-order valence-electron chi connectivity index (χ2n) is 7.31. The van der Waals surface area contributed by atoms with Crippen molar-refractivity contribution in [2.75, 3.05) is 6.54 Å². The van der Waals surface area contributed by atoms with Gasteiger partial charge in [-0.15, -0.1) is 0 Å². The van der Waals surface area contributed by atoms with Gasteiger partial charge in [0.05, 0.1) is 0 Å². The lowest BCUT2D eigenvalue weighted by Crippen LogP contribution is -2.41. The molecule has 5 heteroatoms. The standard InChI is InChI=1S/C18H29N3O2/c1-4-12(2)14-8-5-6-9-15(14)18(22)21-11-7-10-16(21)17-19-13(3)20-23-17/h12,14-16H,4-11H2,1-3H3. The van der Waals surface area contributed by atoms with E-state index in [1.807, 2.05) is 11.8 Å². The van der Waals surface area contributed by atoms with Crippen molar-refractivity contribution in [3.63, 3.8) is 0 Å². The second-order valence-corrected chi connectivity index (χ2v) is 7.31. The topological polar surface area (TPSA) is 59.2 Å². The number of nitrogens with zero attached hydrogens (tertiary/aromatic N) is 3. The van der Waals surface area contributed by atoms with Crippen LogP contribution in [0.1, 0.15) is 76.6 Å². The first kappa shape index (κ1) is 16.5. The summed E-state index contributed by atoms with van der Waals surface area (Å²) in [5, 5.41) is 3.90. The third kappa shape index (κ3) is 3.29. The summed E-state index contributed by atoms with van der Waals surface area (Å²) in [7, 11) is 0. The fourth-order valence-electron chi connectivity index (χ4n) is 4.40. The molecule has 0 spiro atoms. The summed E-state index contributed by atoms with van der Waals surface area (Å²) in [6, 6.07) is -0.0109. The molecule has 1 aliphatic carbocycles. The molecule has 4 unspecified atom stereocenters. The zero-order valence-electron chi connectivity index (χ0n) is 14.6. The molecule has 3 rings (SSSR count). The first-order valence-electron chi connectivity index (χ1n) is 9.22. The number of likely N-dealkylation sites (tertiary alicyclic amines) is 1. The van der Waals surface area contributed by atoms with Crippen molar-refractivity contribution in [2.24, 2.45) is 17.8 Å². The van der Waals surface area contributed by atoms with Crippen molar-refractivity contribution >= 4 is 5.91 Å². The maximum absolute atomic E-state index is 13.3. The fourth-order valence-corrected chi connectivity index (χ4v) is 4.40. The molecular weight excluding hydrogens is 290 g/mol. The van der Waals surface area contributed by atoms with E-state index in [0.717, 1.165) is 32.2 Å². The molecule has 0 radical (unpaired) electrons. The highest BCUT2D eigenvalue weighted by molar-refractivity contribution is 5.80. The fraction of sp³-hybridized carbons (Fsp3) is 0.833. The summed E-state index contributed by atoms with van der Waals surface area (Å²) in [6.07, 6.45) is 7.81. The molecular formula is C18H29N3O2. The zero-order valence-corrected chi connectivity index (χ0v) is 14.6. The van der Waals surface area contributed by atoms with Crippen LogP contribution in [-0.4, -0.2) is 27.5 Å². The van der Waals surface area contributed by atoms with Crippen LogP contribution in [0.3, 0.4) is 0 Å². The Morgan fingerprint density at radius 3 is 2.78 bits per heavy atom. The second kappa shape index (κ2) is 7.02. The van der Waals surface area contributed by atoms with Gasteiger partial charge in [0.15, 0.2) is 5.82 Å². The third-order valence-corrected chi connectivity index (χ3v) is 5.88. The van der Waals surface area contributed by atoms with E-state index >= 15 is 0 Å². The van der Waals surface area contributed by atoms with Crippen LogP contribution >= 0.6 is 0 Å². The van der Waals surface area contributed by atoms with Crippen LogP contribution in [-0.2, 0) is 4.79 Å². The summed E-state index contributed by atoms with van der Waals surface area (Å²) in [5.41, 5.74) is 0. The quantitative estimate of drug-likeness (QED) is 0.844. The first-order chi connectivity index (χ1) is 11.1. The van der Waals surface area contributed by atoms with E-state index in [4.69, 9.17) is 4.52 Å². The van der Waals surface area contributed by atoms with E-state index in [0.29, 0.717) is 29.5 Å². The Kier molecular flexibility index (Phi) is 5.02. The van der Waals surface area contributed by atoms with Gasteiger partial charge < -0.3 is 9.42 Å². The van der Waals surface area contributed by atoms with Gasteiger partial charge in [-0.05, 0) is 44.4 Å². The molecule has 4 atom stereocenters. The van der Waals surface area contributed by atoms with E-state index < -0.39 is 0 Å². The Labute approximate surface area is 138 Å². The molecule has 0 bridgehead atoms. The SMILES string of the molecule is CCC(C)C1CCCCC1C(=O)N1CCCC1c1nc(C)no1. The van der Waals surface area contributed by atoms with Gasteiger partial charge in [-0.2, -0.15) is 4.98 Å². The third-order valence-electron chi connectivity index (χ3n) is 5.88. The maximum Gasteiger partial charge on any atom is 0.249 e. The molecule has 2 fully saturated rings. The number of carbonyl (C=O) groups is 1. The Morgan fingerprint density at radius 2 is 2.09 bits per heavy atom. The predicted molar refractivity (Wildman–Crippen MR) is 87.6 cm³/mol. The molecule has 1 amide bonds. The van der Waals surface area contributed by atoms with Crippen LogP contribution in [0.2, 0.25) is 0 Å². The normalized spacial score (nSPS) is 29.7. The van der Waals surface area contributed by atoms with Crippen LogP contribution in [0.15, 0.2) is 4.52 Å². The molecule has 5 nitrogen and oxygen atoms in total. The van der Waals surface area contributed by atoms with E-state index in [-0.39, 0.29) is 12.0 Å². The molecule has 0 N–H and O–H groups in total. The molecule has 23 heavy (non-hydrogen) atoms. The minimum Gasteiger partial charge on any atom is -0.337 e. The van der Waals surface area contributed by atoms with E-state index in [2.05, 4.69) is 24.0 Å². The Bertz CT molecular complexity index is 542. The summed E-state index contributed by atoms with van der Waals surface area (Å²) in [5.74, 6) is 2.93. The number of hydrogen-bond acceptors (Lipinski definition) is 4.